The van der Waals surface area contributed by atoms with Gasteiger partial charge in [0.1, 0.15) is 0 Å². The number of rotatable bonds is 2. The zero-order valence-electron chi connectivity index (χ0n) is 9.77. The van der Waals surface area contributed by atoms with Crippen molar-refractivity contribution < 1.29 is 9.53 Å². The van der Waals surface area contributed by atoms with Gasteiger partial charge in [0, 0.05) is 25.8 Å². The molecule has 1 atom stereocenters. The second-order valence-electron chi connectivity index (χ2n) is 4.27. The average molecular weight is 219 g/mol. The van der Waals surface area contributed by atoms with Crippen LogP contribution in [0.3, 0.4) is 0 Å². The molecule has 0 spiro atoms. The van der Waals surface area contributed by atoms with E-state index < -0.39 is 0 Å². The average Bonchev–Trinajstić information content (AvgIpc) is 2.76. The Morgan fingerprint density at radius 3 is 2.94 bits per heavy atom. The summed E-state index contributed by atoms with van der Waals surface area (Å²) in [5, 5.41) is 0. The summed E-state index contributed by atoms with van der Waals surface area (Å²) in [6.45, 7) is 3.51. The minimum atomic E-state index is 0.114. The predicted molar refractivity (Wildman–Crippen MR) is 62.5 cm³/mol. The summed E-state index contributed by atoms with van der Waals surface area (Å²) < 4.78 is 5.26. The lowest BCUT2D eigenvalue weighted by Crippen LogP contribution is -2.29. The Hall–Kier alpha value is -1.35. The molecular weight excluding hydrogens is 202 g/mol. The lowest BCUT2D eigenvalue weighted by molar-refractivity contribution is 0.0724. The molecule has 1 aliphatic heterocycles. The molecule has 1 aromatic rings. The number of methoxy groups -OCH3 is 1. The van der Waals surface area contributed by atoms with Crippen LogP contribution in [0.15, 0.2) is 24.3 Å². The zero-order chi connectivity index (χ0) is 11.5. The third-order valence-electron chi connectivity index (χ3n) is 3.03. The van der Waals surface area contributed by atoms with Crippen LogP contribution >= 0.6 is 0 Å². The number of carbonyl (C=O) groups excluding carboxylic acids is 1. The number of carbonyl (C=O) groups is 1. The first kappa shape index (κ1) is 11.1. The Bertz CT molecular complexity index is 389. The maximum Gasteiger partial charge on any atom is 0.253 e. The van der Waals surface area contributed by atoms with E-state index in [1.165, 1.54) is 0 Å². The maximum atomic E-state index is 12.1. The van der Waals surface area contributed by atoms with Crippen molar-refractivity contribution in [1.82, 2.24) is 4.90 Å². The highest BCUT2D eigenvalue weighted by atomic mass is 16.5. The summed E-state index contributed by atoms with van der Waals surface area (Å²) in [4.78, 5) is 14.0. The number of likely N-dealkylation sites (tertiary alicyclic amines) is 1. The van der Waals surface area contributed by atoms with Crippen molar-refractivity contribution in [3.05, 3.63) is 35.4 Å². The van der Waals surface area contributed by atoms with Gasteiger partial charge >= 0.3 is 0 Å². The standard InChI is InChI=1S/C13H17NO2/c1-10-4-3-5-11(8-10)13(15)14-7-6-12(9-14)16-2/h3-5,8,12H,6-7,9H2,1-2H3. The lowest BCUT2D eigenvalue weighted by atomic mass is 10.1. The highest BCUT2D eigenvalue weighted by Crippen LogP contribution is 2.16. The van der Waals surface area contributed by atoms with Crippen LogP contribution in [0.5, 0.6) is 0 Å². The predicted octanol–water partition coefficient (Wildman–Crippen LogP) is 1.86. The van der Waals surface area contributed by atoms with Gasteiger partial charge in [-0.2, -0.15) is 0 Å². The summed E-state index contributed by atoms with van der Waals surface area (Å²) in [5.41, 5.74) is 1.89. The first-order valence-corrected chi connectivity index (χ1v) is 5.59. The molecule has 1 fully saturated rings. The van der Waals surface area contributed by atoms with E-state index >= 15 is 0 Å². The second kappa shape index (κ2) is 4.66. The van der Waals surface area contributed by atoms with Gasteiger partial charge in [-0.05, 0) is 25.5 Å². The Balaban J connectivity index is 2.08. The minimum Gasteiger partial charge on any atom is -0.380 e. The number of hydrogen-bond donors (Lipinski definition) is 0. The first-order valence-electron chi connectivity index (χ1n) is 5.59. The first-order chi connectivity index (χ1) is 7.70. The van der Waals surface area contributed by atoms with E-state index in [9.17, 15) is 4.79 Å². The maximum absolute atomic E-state index is 12.1. The number of amides is 1. The summed E-state index contributed by atoms with van der Waals surface area (Å²) in [7, 11) is 1.70. The molecule has 3 heteroatoms. The van der Waals surface area contributed by atoms with Crippen molar-refractivity contribution in [2.24, 2.45) is 0 Å². The normalized spacial score (nSPS) is 20.1. The zero-order valence-corrected chi connectivity index (χ0v) is 9.77. The number of aryl methyl sites for hydroxylation is 1. The molecule has 86 valence electrons. The molecule has 16 heavy (non-hydrogen) atoms. The smallest absolute Gasteiger partial charge is 0.253 e. The van der Waals surface area contributed by atoms with Gasteiger partial charge in [0.25, 0.3) is 5.91 Å². The monoisotopic (exact) mass is 219 g/mol. The Labute approximate surface area is 96.0 Å². The van der Waals surface area contributed by atoms with Crippen molar-refractivity contribution in [2.75, 3.05) is 20.2 Å². The molecule has 1 saturated heterocycles. The fourth-order valence-corrected chi connectivity index (χ4v) is 2.07. The largest absolute Gasteiger partial charge is 0.380 e. The number of hydrogen-bond acceptors (Lipinski definition) is 2. The number of ether oxygens (including phenoxy) is 1. The van der Waals surface area contributed by atoms with Crippen molar-refractivity contribution in [1.29, 1.82) is 0 Å². The minimum absolute atomic E-state index is 0.114. The molecule has 0 aromatic heterocycles. The van der Waals surface area contributed by atoms with Gasteiger partial charge in [-0.1, -0.05) is 17.7 Å². The van der Waals surface area contributed by atoms with Crippen molar-refractivity contribution in [3.8, 4) is 0 Å². The van der Waals surface area contributed by atoms with Crippen LogP contribution < -0.4 is 0 Å². The topological polar surface area (TPSA) is 29.5 Å². The van der Waals surface area contributed by atoms with Gasteiger partial charge in [-0.15, -0.1) is 0 Å². The molecule has 0 saturated carbocycles. The van der Waals surface area contributed by atoms with E-state index in [1.54, 1.807) is 7.11 Å². The Kier molecular flexibility index (Phi) is 3.25. The van der Waals surface area contributed by atoms with Crippen LogP contribution in [0.2, 0.25) is 0 Å². The Morgan fingerprint density at radius 2 is 2.31 bits per heavy atom. The summed E-state index contributed by atoms with van der Waals surface area (Å²) in [6, 6.07) is 7.73. The summed E-state index contributed by atoms with van der Waals surface area (Å²) >= 11 is 0. The molecule has 2 rings (SSSR count). The van der Waals surface area contributed by atoms with Crippen LogP contribution in [0, 0.1) is 6.92 Å². The van der Waals surface area contributed by atoms with E-state index in [0.717, 1.165) is 24.1 Å². The molecule has 1 aromatic carbocycles. The molecular formula is C13H17NO2. The van der Waals surface area contributed by atoms with Crippen LogP contribution in [0.4, 0.5) is 0 Å². The van der Waals surface area contributed by atoms with Crippen LogP contribution in [0.1, 0.15) is 22.3 Å². The molecule has 0 aliphatic carbocycles. The molecule has 0 N–H and O–H groups in total. The number of benzene rings is 1. The molecule has 3 nitrogen and oxygen atoms in total. The quantitative estimate of drug-likeness (QED) is 0.759. The molecule has 0 bridgehead atoms. The van der Waals surface area contributed by atoms with Crippen LogP contribution in [-0.4, -0.2) is 37.1 Å². The van der Waals surface area contributed by atoms with E-state index in [0.29, 0.717) is 6.54 Å². The fourth-order valence-electron chi connectivity index (χ4n) is 2.07. The van der Waals surface area contributed by atoms with Gasteiger partial charge in [-0.3, -0.25) is 4.79 Å². The summed E-state index contributed by atoms with van der Waals surface area (Å²) in [6.07, 6.45) is 1.14. The van der Waals surface area contributed by atoms with E-state index in [4.69, 9.17) is 4.74 Å². The molecule has 1 amide bonds. The molecule has 0 radical (unpaired) electrons. The third-order valence-corrected chi connectivity index (χ3v) is 3.03. The van der Waals surface area contributed by atoms with E-state index in [2.05, 4.69) is 0 Å². The van der Waals surface area contributed by atoms with Gasteiger partial charge in [0.15, 0.2) is 0 Å². The highest BCUT2D eigenvalue weighted by molar-refractivity contribution is 5.94. The van der Waals surface area contributed by atoms with Gasteiger partial charge < -0.3 is 9.64 Å². The van der Waals surface area contributed by atoms with E-state index in [1.807, 2.05) is 36.1 Å². The van der Waals surface area contributed by atoms with Crippen LogP contribution in [-0.2, 0) is 4.74 Å². The van der Waals surface area contributed by atoms with Gasteiger partial charge in [-0.25, -0.2) is 0 Å². The van der Waals surface area contributed by atoms with Crippen molar-refractivity contribution in [3.63, 3.8) is 0 Å². The molecule has 1 heterocycles. The second-order valence-corrected chi connectivity index (χ2v) is 4.27. The number of nitrogens with zero attached hydrogens (tertiary/aromatic N) is 1. The highest BCUT2D eigenvalue weighted by Gasteiger charge is 2.26. The van der Waals surface area contributed by atoms with Crippen molar-refractivity contribution in [2.45, 2.75) is 19.4 Å². The molecule has 1 aliphatic rings. The van der Waals surface area contributed by atoms with Gasteiger partial charge in [0.05, 0.1) is 6.10 Å². The fraction of sp³-hybridized carbons (Fsp3) is 0.462. The van der Waals surface area contributed by atoms with E-state index in [-0.39, 0.29) is 12.0 Å². The van der Waals surface area contributed by atoms with Crippen LogP contribution in [0.25, 0.3) is 0 Å². The summed E-state index contributed by atoms with van der Waals surface area (Å²) in [5.74, 6) is 0.114. The SMILES string of the molecule is COC1CCN(C(=O)c2cccc(C)c2)C1. The Morgan fingerprint density at radius 1 is 1.50 bits per heavy atom. The molecule has 1 unspecified atom stereocenters. The van der Waals surface area contributed by atoms with Crippen molar-refractivity contribution >= 4 is 5.91 Å². The third kappa shape index (κ3) is 2.25. The van der Waals surface area contributed by atoms with Gasteiger partial charge in [0.2, 0.25) is 0 Å². The lowest BCUT2D eigenvalue weighted by Gasteiger charge is -2.16.